The third kappa shape index (κ3) is 7.06. The normalized spacial score (nSPS) is 14.2. The zero-order valence-electron chi connectivity index (χ0n) is 21.1. The molecule has 1 N–H and O–H groups in total. The molecule has 0 aliphatic carbocycles. The van der Waals surface area contributed by atoms with Crippen LogP contribution in [0.4, 0.5) is 15.8 Å². The van der Waals surface area contributed by atoms with E-state index < -0.39 is 5.82 Å². The van der Waals surface area contributed by atoms with Crippen molar-refractivity contribution in [2.45, 2.75) is 20.0 Å². The average molecular weight is 491 g/mol. The number of carbonyl (C=O) groups excluding carboxylic acids is 1. The van der Waals surface area contributed by atoms with Gasteiger partial charge in [-0.1, -0.05) is 43.3 Å². The van der Waals surface area contributed by atoms with Gasteiger partial charge in [-0.3, -0.25) is 14.6 Å². The molecule has 0 atom stereocenters. The Morgan fingerprint density at radius 1 is 0.972 bits per heavy atom. The molecule has 1 aliphatic heterocycles. The first-order valence-electron chi connectivity index (χ1n) is 12.5. The molecule has 3 aromatic carbocycles. The summed E-state index contributed by atoms with van der Waals surface area (Å²) in [5, 5.41) is 2.99. The first kappa shape index (κ1) is 25.7. The van der Waals surface area contributed by atoms with Crippen LogP contribution in [0.25, 0.3) is 0 Å². The lowest BCUT2D eigenvalue weighted by atomic mass is 10.2. The predicted octanol–water partition coefficient (Wildman–Crippen LogP) is 4.62. The number of amides is 1. The van der Waals surface area contributed by atoms with Gasteiger partial charge in [-0.15, -0.1) is 0 Å². The molecular formula is C29H35FN4O2. The van der Waals surface area contributed by atoms with Crippen molar-refractivity contribution < 1.29 is 13.9 Å². The van der Waals surface area contributed by atoms with Gasteiger partial charge in [-0.25, -0.2) is 4.39 Å². The van der Waals surface area contributed by atoms with Crippen molar-refractivity contribution in [1.82, 2.24) is 9.80 Å². The maximum absolute atomic E-state index is 14.0. The lowest BCUT2D eigenvalue weighted by Gasteiger charge is -2.36. The number of methoxy groups -OCH3 is 1. The molecule has 0 saturated carbocycles. The lowest BCUT2D eigenvalue weighted by molar-refractivity contribution is -0.117. The Morgan fingerprint density at radius 3 is 2.33 bits per heavy atom. The van der Waals surface area contributed by atoms with E-state index in [2.05, 4.69) is 57.6 Å². The quantitative estimate of drug-likeness (QED) is 0.450. The van der Waals surface area contributed by atoms with Crippen LogP contribution in [0.15, 0.2) is 72.8 Å². The van der Waals surface area contributed by atoms with Gasteiger partial charge >= 0.3 is 0 Å². The minimum atomic E-state index is -0.395. The molecule has 6 nitrogen and oxygen atoms in total. The van der Waals surface area contributed by atoms with Crippen LogP contribution >= 0.6 is 0 Å². The number of hydrogen-bond donors (Lipinski definition) is 1. The molecule has 1 heterocycles. The molecule has 36 heavy (non-hydrogen) atoms. The zero-order valence-corrected chi connectivity index (χ0v) is 21.1. The van der Waals surface area contributed by atoms with Gasteiger partial charge in [-0.05, 0) is 54.1 Å². The Bertz CT molecular complexity index is 1120. The molecule has 0 unspecified atom stereocenters. The third-order valence-corrected chi connectivity index (χ3v) is 6.57. The minimum absolute atomic E-state index is 0.0897. The number of hydrogen-bond acceptors (Lipinski definition) is 5. The van der Waals surface area contributed by atoms with E-state index in [1.165, 1.54) is 24.4 Å². The number of rotatable bonds is 10. The van der Waals surface area contributed by atoms with Crippen LogP contribution in [0.5, 0.6) is 5.75 Å². The van der Waals surface area contributed by atoms with E-state index in [-0.39, 0.29) is 18.2 Å². The van der Waals surface area contributed by atoms with Gasteiger partial charge in [0.05, 0.1) is 13.7 Å². The van der Waals surface area contributed by atoms with E-state index in [9.17, 15) is 9.18 Å². The Balaban J connectivity index is 1.24. The molecule has 3 aromatic rings. The molecule has 1 saturated heterocycles. The van der Waals surface area contributed by atoms with Crippen molar-refractivity contribution in [3.05, 3.63) is 89.7 Å². The Hall–Kier alpha value is -3.42. The molecule has 4 rings (SSSR count). The standard InChI is InChI=1S/C29H35FN4O2/c1-3-32(21-24-9-14-28(36-2)27(30)19-24)22-29(35)31-25-10-12-26(13-11-25)34-17-15-33(16-18-34)20-23-7-5-4-6-8-23/h4-14,19H,3,15-18,20-22H2,1-2H3,(H,31,35). The first-order chi connectivity index (χ1) is 17.5. The van der Waals surface area contributed by atoms with Crippen molar-refractivity contribution in [3.8, 4) is 5.75 Å². The van der Waals surface area contributed by atoms with Gasteiger partial charge in [0, 0.05) is 50.6 Å². The largest absolute Gasteiger partial charge is 0.494 e. The number of benzene rings is 3. The van der Waals surface area contributed by atoms with Crippen LogP contribution in [-0.4, -0.2) is 62.1 Å². The number of likely N-dealkylation sites (N-methyl/N-ethyl adjacent to an activating group) is 1. The third-order valence-electron chi connectivity index (χ3n) is 6.57. The van der Waals surface area contributed by atoms with Crippen LogP contribution in [0.1, 0.15) is 18.1 Å². The fraction of sp³-hybridized carbons (Fsp3) is 0.345. The van der Waals surface area contributed by atoms with Crippen LogP contribution in [0.2, 0.25) is 0 Å². The number of piperazine rings is 1. The van der Waals surface area contributed by atoms with Crippen molar-refractivity contribution in [3.63, 3.8) is 0 Å². The zero-order chi connectivity index (χ0) is 25.3. The second kappa shape index (κ2) is 12.5. The van der Waals surface area contributed by atoms with Gasteiger partial charge in [0.2, 0.25) is 5.91 Å². The maximum atomic E-state index is 14.0. The fourth-order valence-corrected chi connectivity index (χ4v) is 4.51. The summed E-state index contributed by atoms with van der Waals surface area (Å²) in [7, 11) is 1.44. The van der Waals surface area contributed by atoms with Gasteiger partial charge < -0.3 is 15.0 Å². The van der Waals surface area contributed by atoms with Crippen molar-refractivity contribution in [1.29, 1.82) is 0 Å². The number of nitrogens with one attached hydrogen (secondary N) is 1. The van der Waals surface area contributed by atoms with E-state index in [0.29, 0.717) is 13.1 Å². The van der Waals surface area contributed by atoms with Crippen molar-refractivity contribution in [2.75, 3.05) is 56.6 Å². The van der Waals surface area contributed by atoms with Gasteiger partial charge in [0.15, 0.2) is 11.6 Å². The van der Waals surface area contributed by atoms with Crippen LogP contribution in [0, 0.1) is 5.82 Å². The van der Waals surface area contributed by atoms with E-state index in [1.807, 2.05) is 30.0 Å². The topological polar surface area (TPSA) is 48.1 Å². The van der Waals surface area contributed by atoms with Crippen molar-refractivity contribution >= 4 is 17.3 Å². The molecule has 7 heteroatoms. The molecule has 0 radical (unpaired) electrons. The highest BCUT2D eigenvalue weighted by Crippen LogP contribution is 2.21. The van der Waals surface area contributed by atoms with Crippen LogP contribution < -0.4 is 15.0 Å². The molecule has 0 bridgehead atoms. The summed E-state index contributed by atoms with van der Waals surface area (Å²) < 4.78 is 19.0. The molecular weight excluding hydrogens is 455 g/mol. The predicted molar refractivity (Wildman–Crippen MR) is 143 cm³/mol. The summed E-state index contributed by atoms with van der Waals surface area (Å²) in [5.74, 6) is -0.265. The van der Waals surface area contributed by atoms with Crippen LogP contribution in [-0.2, 0) is 17.9 Å². The summed E-state index contributed by atoms with van der Waals surface area (Å²) in [6, 6.07) is 23.5. The summed E-state index contributed by atoms with van der Waals surface area (Å²) in [6.45, 7) is 8.39. The summed E-state index contributed by atoms with van der Waals surface area (Å²) in [4.78, 5) is 19.5. The number of nitrogens with zero attached hydrogens (tertiary/aromatic N) is 3. The van der Waals surface area contributed by atoms with Gasteiger partial charge in [0.1, 0.15) is 0 Å². The number of halogens is 1. The Kier molecular flexibility index (Phi) is 8.92. The Labute approximate surface area is 213 Å². The van der Waals surface area contributed by atoms with E-state index >= 15 is 0 Å². The highest BCUT2D eigenvalue weighted by Gasteiger charge is 2.18. The average Bonchev–Trinajstić information content (AvgIpc) is 2.90. The summed E-state index contributed by atoms with van der Waals surface area (Å²) in [6.07, 6.45) is 0. The highest BCUT2D eigenvalue weighted by atomic mass is 19.1. The summed E-state index contributed by atoms with van der Waals surface area (Å²) >= 11 is 0. The number of anilines is 2. The molecule has 190 valence electrons. The molecule has 1 amide bonds. The van der Waals surface area contributed by atoms with E-state index in [0.717, 1.165) is 44.0 Å². The van der Waals surface area contributed by atoms with Crippen molar-refractivity contribution in [2.24, 2.45) is 0 Å². The fourth-order valence-electron chi connectivity index (χ4n) is 4.51. The molecule has 0 aromatic heterocycles. The van der Waals surface area contributed by atoms with E-state index in [4.69, 9.17) is 4.74 Å². The smallest absolute Gasteiger partial charge is 0.238 e. The van der Waals surface area contributed by atoms with Crippen LogP contribution in [0.3, 0.4) is 0 Å². The monoisotopic (exact) mass is 490 g/mol. The van der Waals surface area contributed by atoms with Gasteiger partial charge in [0.25, 0.3) is 0 Å². The number of carbonyl (C=O) groups is 1. The molecule has 1 fully saturated rings. The maximum Gasteiger partial charge on any atom is 0.238 e. The molecule has 1 aliphatic rings. The minimum Gasteiger partial charge on any atom is -0.494 e. The first-order valence-corrected chi connectivity index (χ1v) is 12.5. The highest BCUT2D eigenvalue weighted by molar-refractivity contribution is 5.92. The summed E-state index contributed by atoms with van der Waals surface area (Å²) in [5.41, 5.74) is 4.10. The number of ether oxygens (including phenoxy) is 1. The van der Waals surface area contributed by atoms with E-state index in [1.54, 1.807) is 6.07 Å². The SMILES string of the molecule is CCN(CC(=O)Nc1ccc(N2CCN(Cc3ccccc3)CC2)cc1)Cc1ccc(OC)c(F)c1. The second-order valence-electron chi connectivity index (χ2n) is 9.12. The second-order valence-corrected chi connectivity index (χ2v) is 9.12. The Morgan fingerprint density at radius 2 is 1.69 bits per heavy atom. The lowest BCUT2D eigenvalue weighted by Crippen LogP contribution is -2.45. The molecule has 0 spiro atoms. The van der Waals surface area contributed by atoms with Gasteiger partial charge in [-0.2, -0.15) is 0 Å².